The second-order valence-electron chi connectivity index (χ2n) is 6.64. The monoisotopic (exact) mass is 429 g/mol. The smallest absolute Gasteiger partial charge is 0.339 e. The molecule has 0 saturated carbocycles. The minimum absolute atomic E-state index is 0.0492. The SMILES string of the molecule is COC(=O)c1ccc(Cl)cc1NC(=O)CSc1nc2c(cc1C#N)CCCCC2. The first-order valence-electron chi connectivity index (χ1n) is 9.25. The van der Waals surface area contributed by atoms with Crippen LogP contribution in [0, 0.1) is 11.3 Å². The molecular weight excluding hydrogens is 410 g/mol. The van der Waals surface area contributed by atoms with E-state index in [0.717, 1.165) is 43.4 Å². The number of carbonyl (C=O) groups is 2. The fraction of sp³-hybridized carbons (Fsp3) is 0.333. The molecule has 1 aliphatic rings. The lowest BCUT2D eigenvalue weighted by Crippen LogP contribution is -2.17. The standard InChI is InChI=1S/C21H20ClN3O3S/c1-28-21(27)16-8-7-15(22)10-18(16)24-19(26)12-29-20-14(11-23)9-13-5-3-2-4-6-17(13)25-20/h7-10H,2-6,12H2,1H3,(H,24,26). The number of thioether (sulfide) groups is 1. The van der Waals surface area contributed by atoms with E-state index in [1.165, 1.54) is 31.0 Å². The Morgan fingerprint density at radius 2 is 2.07 bits per heavy atom. The Kier molecular flexibility index (Phi) is 7.13. The van der Waals surface area contributed by atoms with Crippen molar-refractivity contribution >= 4 is 40.9 Å². The molecule has 8 heteroatoms. The molecule has 1 aliphatic carbocycles. The second-order valence-corrected chi connectivity index (χ2v) is 8.04. The first kappa shape index (κ1) is 21.2. The highest BCUT2D eigenvalue weighted by Gasteiger charge is 2.17. The Balaban J connectivity index is 1.73. The summed E-state index contributed by atoms with van der Waals surface area (Å²) in [5.74, 6) is -0.847. The number of hydrogen-bond acceptors (Lipinski definition) is 6. The molecule has 2 aromatic rings. The number of hydrogen-bond donors (Lipinski definition) is 1. The molecule has 1 heterocycles. The van der Waals surface area contributed by atoms with Crippen LogP contribution in [0.1, 0.15) is 46.4 Å². The van der Waals surface area contributed by atoms with Gasteiger partial charge in [-0.3, -0.25) is 4.79 Å². The van der Waals surface area contributed by atoms with Crippen molar-refractivity contribution in [3.05, 3.63) is 51.7 Å². The zero-order chi connectivity index (χ0) is 20.8. The zero-order valence-electron chi connectivity index (χ0n) is 16.0. The van der Waals surface area contributed by atoms with E-state index in [9.17, 15) is 14.9 Å². The maximum absolute atomic E-state index is 12.5. The third-order valence-corrected chi connectivity index (χ3v) is 5.86. The van der Waals surface area contributed by atoms with Gasteiger partial charge in [-0.15, -0.1) is 0 Å². The van der Waals surface area contributed by atoms with Crippen LogP contribution in [0.4, 0.5) is 5.69 Å². The van der Waals surface area contributed by atoms with Crippen molar-refractivity contribution in [3.8, 4) is 6.07 Å². The average molecular weight is 430 g/mol. The number of aryl methyl sites for hydroxylation is 2. The number of amides is 1. The molecule has 1 aromatic heterocycles. The predicted octanol–water partition coefficient (Wildman–Crippen LogP) is 4.39. The molecule has 0 spiro atoms. The Hall–Kier alpha value is -2.56. The van der Waals surface area contributed by atoms with E-state index in [-0.39, 0.29) is 22.9 Å². The zero-order valence-corrected chi connectivity index (χ0v) is 17.5. The summed E-state index contributed by atoms with van der Waals surface area (Å²) in [4.78, 5) is 29.0. The van der Waals surface area contributed by atoms with Crippen LogP contribution in [0.15, 0.2) is 29.3 Å². The Labute approximate surface area is 178 Å². The van der Waals surface area contributed by atoms with Crippen LogP contribution in [0.25, 0.3) is 0 Å². The molecule has 1 aromatic carbocycles. The molecule has 0 aliphatic heterocycles. The minimum atomic E-state index is -0.566. The number of aromatic nitrogens is 1. The van der Waals surface area contributed by atoms with Gasteiger partial charge in [-0.25, -0.2) is 9.78 Å². The van der Waals surface area contributed by atoms with Crippen LogP contribution in [0.5, 0.6) is 0 Å². The Morgan fingerprint density at radius 3 is 2.83 bits per heavy atom. The van der Waals surface area contributed by atoms with Crippen molar-refractivity contribution < 1.29 is 14.3 Å². The molecule has 0 unspecified atom stereocenters. The van der Waals surface area contributed by atoms with E-state index in [1.54, 1.807) is 6.07 Å². The molecule has 0 fully saturated rings. The highest BCUT2D eigenvalue weighted by Crippen LogP contribution is 2.27. The lowest BCUT2D eigenvalue weighted by molar-refractivity contribution is -0.113. The molecule has 29 heavy (non-hydrogen) atoms. The van der Waals surface area contributed by atoms with Gasteiger partial charge >= 0.3 is 5.97 Å². The van der Waals surface area contributed by atoms with Gasteiger partial charge in [0.1, 0.15) is 11.1 Å². The van der Waals surface area contributed by atoms with Crippen LogP contribution in [0.2, 0.25) is 5.02 Å². The molecule has 0 bridgehead atoms. The van der Waals surface area contributed by atoms with Crippen LogP contribution in [0.3, 0.4) is 0 Å². The van der Waals surface area contributed by atoms with Crippen LogP contribution >= 0.6 is 23.4 Å². The predicted molar refractivity (Wildman–Crippen MR) is 112 cm³/mol. The number of carbonyl (C=O) groups excluding carboxylic acids is 2. The summed E-state index contributed by atoms with van der Waals surface area (Å²) >= 11 is 7.19. The molecule has 6 nitrogen and oxygen atoms in total. The van der Waals surface area contributed by atoms with E-state index in [0.29, 0.717) is 15.6 Å². The number of esters is 1. The number of nitrogens with zero attached hydrogens (tertiary/aromatic N) is 2. The highest BCUT2D eigenvalue weighted by atomic mass is 35.5. The van der Waals surface area contributed by atoms with E-state index >= 15 is 0 Å². The van der Waals surface area contributed by atoms with Gasteiger partial charge in [0.05, 0.1) is 29.7 Å². The van der Waals surface area contributed by atoms with E-state index in [4.69, 9.17) is 16.3 Å². The number of anilines is 1. The number of rotatable bonds is 5. The molecule has 0 saturated heterocycles. The summed E-state index contributed by atoms with van der Waals surface area (Å²) in [6, 6.07) is 8.64. The molecule has 1 amide bonds. The van der Waals surface area contributed by atoms with Crippen LogP contribution < -0.4 is 5.32 Å². The average Bonchev–Trinajstić information content (AvgIpc) is 2.95. The third-order valence-electron chi connectivity index (χ3n) is 4.64. The summed E-state index contributed by atoms with van der Waals surface area (Å²) in [6.07, 6.45) is 5.18. The molecular formula is C21H20ClN3O3S. The van der Waals surface area contributed by atoms with Gasteiger partial charge in [-0.05, 0) is 55.5 Å². The number of pyridine rings is 1. The molecule has 0 radical (unpaired) electrons. The number of nitrogens with one attached hydrogen (secondary N) is 1. The number of methoxy groups -OCH3 is 1. The lowest BCUT2D eigenvalue weighted by atomic mass is 10.1. The van der Waals surface area contributed by atoms with E-state index in [1.807, 2.05) is 6.07 Å². The van der Waals surface area contributed by atoms with Gasteiger partial charge in [-0.2, -0.15) is 5.26 Å². The molecule has 0 atom stereocenters. The number of fused-ring (bicyclic) bond motifs is 1. The van der Waals surface area contributed by atoms with Crippen molar-refractivity contribution in [1.82, 2.24) is 4.98 Å². The van der Waals surface area contributed by atoms with Crippen molar-refractivity contribution in [2.45, 2.75) is 37.1 Å². The van der Waals surface area contributed by atoms with Gasteiger partial charge in [0.2, 0.25) is 5.91 Å². The number of ether oxygens (including phenoxy) is 1. The number of halogens is 1. The Morgan fingerprint density at radius 1 is 1.28 bits per heavy atom. The van der Waals surface area contributed by atoms with Gasteiger partial charge in [-0.1, -0.05) is 29.8 Å². The summed E-state index contributed by atoms with van der Waals surface area (Å²) in [5.41, 5.74) is 3.14. The summed E-state index contributed by atoms with van der Waals surface area (Å²) in [7, 11) is 1.27. The van der Waals surface area contributed by atoms with Gasteiger partial charge < -0.3 is 10.1 Å². The fourth-order valence-electron chi connectivity index (χ4n) is 3.21. The largest absolute Gasteiger partial charge is 0.465 e. The lowest BCUT2D eigenvalue weighted by Gasteiger charge is -2.12. The summed E-state index contributed by atoms with van der Waals surface area (Å²) < 4.78 is 4.74. The second kappa shape index (κ2) is 9.77. The number of nitriles is 1. The fourth-order valence-corrected chi connectivity index (χ4v) is 4.16. The molecule has 150 valence electrons. The van der Waals surface area contributed by atoms with Gasteiger partial charge in [0, 0.05) is 10.7 Å². The summed E-state index contributed by atoms with van der Waals surface area (Å²) in [5, 5.41) is 13.1. The van der Waals surface area contributed by atoms with Gasteiger partial charge in [0.25, 0.3) is 0 Å². The summed E-state index contributed by atoms with van der Waals surface area (Å²) in [6.45, 7) is 0. The van der Waals surface area contributed by atoms with Crippen LogP contribution in [-0.2, 0) is 22.4 Å². The van der Waals surface area contributed by atoms with E-state index < -0.39 is 5.97 Å². The number of benzene rings is 1. The van der Waals surface area contributed by atoms with Crippen molar-refractivity contribution in [3.63, 3.8) is 0 Å². The Bertz CT molecular complexity index is 988. The van der Waals surface area contributed by atoms with E-state index in [2.05, 4.69) is 16.4 Å². The molecule has 1 N–H and O–H groups in total. The van der Waals surface area contributed by atoms with Gasteiger partial charge in [0.15, 0.2) is 0 Å². The highest BCUT2D eigenvalue weighted by molar-refractivity contribution is 8.00. The van der Waals surface area contributed by atoms with Crippen molar-refractivity contribution in [1.29, 1.82) is 5.26 Å². The van der Waals surface area contributed by atoms with Crippen LogP contribution in [-0.4, -0.2) is 29.7 Å². The molecule has 3 rings (SSSR count). The third kappa shape index (κ3) is 5.28. The first-order chi connectivity index (χ1) is 14.0. The minimum Gasteiger partial charge on any atom is -0.465 e. The maximum atomic E-state index is 12.5. The maximum Gasteiger partial charge on any atom is 0.339 e. The normalized spacial score (nSPS) is 13.0. The topological polar surface area (TPSA) is 92.1 Å². The quantitative estimate of drug-likeness (QED) is 0.430. The van der Waals surface area contributed by atoms with Crippen molar-refractivity contribution in [2.75, 3.05) is 18.2 Å². The van der Waals surface area contributed by atoms with Crippen molar-refractivity contribution in [2.24, 2.45) is 0 Å². The first-order valence-corrected chi connectivity index (χ1v) is 10.6.